The number of carbonyl (C=O) groups is 3. The van der Waals surface area contributed by atoms with Gasteiger partial charge in [0.15, 0.2) is 0 Å². The van der Waals surface area contributed by atoms with Crippen LogP contribution in [0.4, 0.5) is 0 Å². The summed E-state index contributed by atoms with van der Waals surface area (Å²) in [6, 6.07) is 0. The van der Waals surface area contributed by atoms with E-state index in [1.54, 1.807) is 0 Å². The van der Waals surface area contributed by atoms with Crippen molar-refractivity contribution in [1.82, 2.24) is 0 Å². The average Bonchev–Trinajstić information content (AvgIpc) is 2.62. The smallest absolute Gasteiger partial charge is 0.306 e. The number of aliphatic carboxylic acids is 1. The highest BCUT2D eigenvalue weighted by Gasteiger charge is 2.17. The lowest BCUT2D eigenvalue weighted by molar-refractivity contribution is -0.159. The van der Waals surface area contributed by atoms with Crippen LogP contribution in [0.25, 0.3) is 0 Å². The largest absolute Gasteiger partial charge is 0.481 e. The lowest BCUT2D eigenvalue weighted by Gasteiger charge is -2.18. The standard InChI is InChI=1S/C21H38O6/c1-3-5-7-9-11-15-21(25)27-18(13-10-8-6-4-2)17-26-20(24)16-12-14-19(22)23/h18H,3-17H2,1-2H3,(H,22,23). The Kier molecular flexibility index (Phi) is 16.8. The monoisotopic (exact) mass is 386 g/mol. The van der Waals surface area contributed by atoms with E-state index in [9.17, 15) is 14.4 Å². The Bertz CT molecular complexity index is 407. The first-order valence-corrected chi connectivity index (χ1v) is 10.6. The highest BCUT2D eigenvalue weighted by Crippen LogP contribution is 2.12. The number of carboxylic acids is 1. The zero-order valence-corrected chi connectivity index (χ0v) is 17.2. The van der Waals surface area contributed by atoms with Gasteiger partial charge in [0, 0.05) is 19.3 Å². The fraction of sp³-hybridized carbons (Fsp3) is 0.857. The topological polar surface area (TPSA) is 89.9 Å². The molecule has 1 atom stereocenters. The van der Waals surface area contributed by atoms with Crippen molar-refractivity contribution in [2.75, 3.05) is 6.61 Å². The molecule has 0 aromatic heterocycles. The zero-order chi connectivity index (χ0) is 20.3. The van der Waals surface area contributed by atoms with Crippen molar-refractivity contribution in [1.29, 1.82) is 0 Å². The summed E-state index contributed by atoms with van der Waals surface area (Å²) in [5.74, 6) is -1.59. The van der Waals surface area contributed by atoms with Crippen LogP contribution in [0.5, 0.6) is 0 Å². The van der Waals surface area contributed by atoms with E-state index < -0.39 is 18.0 Å². The third kappa shape index (κ3) is 17.6. The van der Waals surface area contributed by atoms with Crippen LogP contribution in [0.15, 0.2) is 0 Å². The molecule has 6 heteroatoms. The third-order valence-corrected chi connectivity index (χ3v) is 4.36. The van der Waals surface area contributed by atoms with Crippen LogP contribution < -0.4 is 0 Å². The molecular weight excluding hydrogens is 348 g/mol. The molecule has 1 N–H and O–H groups in total. The van der Waals surface area contributed by atoms with E-state index in [1.807, 2.05) is 0 Å². The zero-order valence-electron chi connectivity index (χ0n) is 17.2. The second-order valence-corrected chi connectivity index (χ2v) is 7.06. The Morgan fingerprint density at radius 1 is 0.741 bits per heavy atom. The lowest BCUT2D eigenvalue weighted by atomic mass is 10.1. The van der Waals surface area contributed by atoms with Crippen molar-refractivity contribution in [3.05, 3.63) is 0 Å². The maximum atomic E-state index is 12.0. The van der Waals surface area contributed by atoms with E-state index in [0.29, 0.717) is 12.8 Å². The van der Waals surface area contributed by atoms with Gasteiger partial charge >= 0.3 is 17.9 Å². The normalized spacial score (nSPS) is 11.8. The molecule has 6 nitrogen and oxygen atoms in total. The second kappa shape index (κ2) is 17.8. The van der Waals surface area contributed by atoms with Gasteiger partial charge in [0.05, 0.1) is 0 Å². The summed E-state index contributed by atoms with van der Waals surface area (Å²) in [6.07, 6.45) is 10.6. The Morgan fingerprint density at radius 2 is 1.33 bits per heavy atom. The number of ether oxygens (including phenoxy) is 2. The van der Waals surface area contributed by atoms with Crippen LogP contribution in [-0.2, 0) is 23.9 Å². The lowest BCUT2D eigenvalue weighted by Crippen LogP contribution is -2.25. The van der Waals surface area contributed by atoms with Gasteiger partial charge in [0.25, 0.3) is 0 Å². The molecule has 0 bridgehead atoms. The summed E-state index contributed by atoms with van der Waals surface area (Å²) in [7, 11) is 0. The van der Waals surface area contributed by atoms with Crippen molar-refractivity contribution in [3.8, 4) is 0 Å². The molecule has 0 fully saturated rings. The molecule has 0 aliphatic carbocycles. The summed E-state index contributed by atoms with van der Waals surface area (Å²) in [6.45, 7) is 4.34. The molecule has 0 heterocycles. The van der Waals surface area contributed by atoms with Crippen LogP contribution in [0.3, 0.4) is 0 Å². The maximum absolute atomic E-state index is 12.0. The minimum absolute atomic E-state index is 0.0530. The van der Waals surface area contributed by atoms with Gasteiger partial charge in [-0.25, -0.2) is 0 Å². The molecule has 0 saturated carbocycles. The van der Waals surface area contributed by atoms with E-state index in [-0.39, 0.29) is 31.8 Å². The van der Waals surface area contributed by atoms with E-state index in [4.69, 9.17) is 14.6 Å². The molecule has 158 valence electrons. The number of carboxylic acid groups (broad SMARTS) is 1. The fourth-order valence-electron chi connectivity index (χ4n) is 2.73. The first-order valence-electron chi connectivity index (χ1n) is 10.6. The minimum atomic E-state index is -0.926. The van der Waals surface area contributed by atoms with Gasteiger partial charge in [0.2, 0.25) is 0 Å². The number of esters is 2. The van der Waals surface area contributed by atoms with Gasteiger partial charge in [-0.1, -0.05) is 58.8 Å². The molecule has 1 unspecified atom stereocenters. The molecule has 0 aliphatic heterocycles. The Balaban J connectivity index is 4.19. The van der Waals surface area contributed by atoms with E-state index in [1.165, 1.54) is 12.8 Å². The number of hydrogen-bond acceptors (Lipinski definition) is 5. The summed E-state index contributed by atoms with van der Waals surface area (Å²) in [4.78, 5) is 34.2. The number of hydrogen-bond donors (Lipinski definition) is 1. The highest BCUT2D eigenvalue weighted by molar-refractivity contribution is 5.71. The number of rotatable bonds is 18. The predicted octanol–water partition coefficient (Wildman–Crippen LogP) is 5.03. The molecule has 0 amide bonds. The van der Waals surface area contributed by atoms with Crippen molar-refractivity contribution in [2.45, 2.75) is 110 Å². The molecule has 0 radical (unpaired) electrons. The van der Waals surface area contributed by atoms with Crippen molar-refractivity contribution >= 4 is 17.9 Å². The van der Waals surface area contributed by atoms with Gasteiger partial charge in [-0.2, -0.15) is 0 Å². The first kappa shape index (κ1) is 25.4. The van der Waals surface area contributed by atoms with Gasteiger partial charge in [-0.3, -0.25) is 14.4 Å². The molecule has 0 rings (SSSR count). The molecule has 27 heavy (non-hydrogen) atoms. The van der Waals surface area contributed by atoms with Crippen LogP contribution in [0, 0.1) is 0 Å². The van der Waals surface area contributed by atoms with E-state index in [0.717, 1.165) is 44.9 Å². The van der Waals surface area contributed by atoms with E-state index in [2.05, 4.69) is 13.8 Å². The summed E-state index contributed by atoms with van der Waals surface area (Å²) in [5.41, 5.74) is 0. The Labute approximate surface area is 164 Å². The average molecular weight is 387 g/mol. The summed E-state index contributed by atoms with van der Waals surface area (Å²) >= 11 is 0. The van der Waals surface area contributed by atoms with Gasteiger partial charge in [-0.05, 0) is 25.7 Å². The van der Waals surface area contributed by atoms with Gasteiger partial charge in [-0.15, -0.1) is 0 Å². The molecule has 0 aromatic rings. The van der Waals surface area contributed by atoms with Crippen molar-refractivity contribution in [3.63, 3.8) is 0 Å². The molecular formula is C21H38O6. The first-order chi connectivity index (χ1) is 13.0. The third-order valence-electron chi connectivity index (χ3n) is 4.36. The van der Waals surface area contributed by atoms with E-state index >= 15 is 0 Å². The quantitative estimate of drug-likeness (QED) is 0.262. The van der Waals surface area contributed by atoms with Crippen molar-refractivity contribution < 1.29 is 29.0 Å². The molecule has 0 aliphatic rings. The van der Waals surface area contributed by atoms with Crippen LogP contribution in [-0.4, -0.2) is 35.7 Å². The predicted molar refractivity (Wildman–Crippen MR) is 104 cm³/mol. The molecule has 0 saturated heterocycles. The minimum Gasteiger partial charge on any atom is -0.481 e. The maximum Gasteiger partial charge on any atom is 0.306 e. The van der Waals surface area contributed by atoms with Crippen LogP contribution in [0.1, 0.15) is 104 Å². The Morgan fingerprint density at radius 3 is 1.96 bits per heavy atom. The summed E-state index contributed by atoms with van der Waals surface area (Å²) < 4.78 is 10.7. The fourth-order valence-corrected chi connectivity index (χ4v) is 2.73. The highest BCUT2D eigenvalue weighted by atomic mass is 16.6. The SMILES string of the molecule is CCCCCCCC(=O)OC(CCCCCC)COC(=O)CCCC(=O)O. The van der Waals surface area contributed by atoms with Crippen LogP contribution in [0.2, 0.25) is 0 Å². The van der Waals surface area contributed by atoms with Gasteiger partial charge < -0.3 is 14.6 Å². The van der Waals surface area contributed by atoms with Crippen LogP contribution >= 0.6 is 0 Å². The number of unbranched alkanes of at least 4 members (excludes halogenated alkanes) is 7. The number of carbonyl (C=O) groups excluding carboxylic acids is 2. The molecule has 0 spiro atoms. The summed E-state index contributed by atoms with van der Waals surface area (Å²) in [5, 5.41) is 8.59. The Hall–Kier alpha value is -1.59. The molecule has 0 aromatic carbocycles. The van der Waals surface area contributed by atoms with Gasteiger partial charge in [0.1, 0.15) is 12.7 Å². The van der Waals surface area contributed by atoms with Crippen molar-refractivity contribution in [2.24, 2.45) is 0 Å². The second-order valence-electron chi connectivity index (χ2n) is 7.06.